The SMILES string of the molecule is CC(C)Oc1c(Br)cc(Br)c(C(F)(F)F)c1Cl. The summed E-state index contributed by atoms with van der Waals surface area (Å²) in [6.45, 7) is 3.41. The lowest BCUT2D eigenvalue weighted by Gasteiger charge is -2.18. The molecule has 0 aliphatic heterocycles. The van der Waals surface area contributed by atoms with Crippen LogP contribution in [0.1, 0.15) is 19.4 Å². The van der Waals surface area contributed by atoms with E-state index >= 15 is 0 Å². The summed E-state index contributed by atoms with van der Waals surface area (Å²) in [5, 5.41) is -0.451. The van der Waals surface area contributed by atoms with Crippen molar-refractivity contribution in [3.63, 3.8) is 0 Å². The van der Waals surface area contributed by atoms with E-state index in [1.54, 1.807) is 13.8 Å². The minimum Gasteiger partial charge on any atom is -0.488 e. The van der Waals surface area contributed by atoms with Crippen molar-refractivity contribution >= 4 is 43.5 Å². The molecule has 0 bridgehead atoms. The molecule has 0 saturated carbocycles. The average molecular weight is 396 g/mol. The number of alkyl halides is 3. The fourth-order valence-corrected chi connectivity index (χ4v) is 3.24. The van der Waals surface area contributed by atoms with Gasteiger partial charge in [-0.2, -0.15) is 13.2 Å². The topological polar surface area (TPSA) is 9.23 Å². The molecule has 17 heavy (non-hydrogen) atoms. The third-order valence-electron chi connectivity index (χ3n) is 1.77. The van der Waals surface area contributed by atoms with Gasteiger partial charge in [0.25, 0.3) is 0 Å². The third-order valence-corrected chi connectivity index (χ3v) is 3.34. The van der Waals surface area contributed by atoms with Crippen molar-refractivity contribution in [3.05, 3.63) is 25.6 Å². The van der Waals surface area contributed by atoms with Crippen LogP contribution < -0.4 is 4.74 Å². The van der Waals surface area contributed by atoms with Crippen molar-refractivity contribution < 1.29 is 17.9 Å². The highest BCUT2D eigenvalue weighted by molar-refractivity contribution is 9.11. The van der Waals surface area contributed by atoms with Crippen molar-refractivity contribution in [1.82, 2.24) is 0 Å². The maximum absolute atomic E-state index is 12.8. The van der Waals surface area contributed by atoms with Crippen molar-refractivity contribution in [2.45, 2.75) is 26.1 Å². The number of ether oxygens (including phenoxy) is 1. The standard InChI is InChI=1S/C10H8Br2ClF3O/c1-4(2)17-9-6(12)3-5(11)7(8(9)13)10(14,15)16/h3-4H,1-2H3. The lowest BCUT2D eigenvalue weighted by molar-refractivity contribution is -0.138. The minimum absolute atomic E-state index is 0.00260. The van der Waals surface area contributed by atoms with Crippen LogP contribution in [-0.4, -0.2) is 6.10 Å². The number of hydrogen-bond donors (Lipinski definition) is 0. The molecule has 0 aromatic heterocycles. The molecule has 0 aliphatic rings. The first kappa shape index (κ1) is 15.1. The second-order valence-corrected chi connectivity index (χ2v) is 5.61. The summed E-state index contributed by atoms with van der Waals surface area (Å²) in [6.07, 6.45) is -4.81. The summed E-state index contributed by atoms with van der Waals surface area (Å²) >= 11 is 11.7. The monoisotopic (exact) mass is 394 g/mol. The molecule has 0 fully saturated rings. The van der Waals surface area contributed by atoms with E-state index in [2.05, 4.69) is 31.9 Å². The van der Waals surface area contributed by atoms with E-state index in [-0.39, 0.29) is 16.3 Å². The Morgan fingerprint density at radius 2 is 1.76 bits per heavy atom. The third kappa shape index (κ3) is 3.51. The molecular formula is C10H8Br2ClF3O. The lowest BCUT2D eigenvalue weighted by atomic mass is 10.2. The van der Waals surface area contributed by atoms with E-state index < -0.39 is 16.8 Å². The molecule has 0 spiro atoms. The van der Waals surface area contributed by atoms with Gasteiger partial charge in [0.1, 0.15) is 0 Å². The Kier molecular flexibility index (Phi) is 4.77. The first-order valence-corrected chi connectivity index (χ1v) is 6.52. The highest BCUT2D eigenvalue weighted by Gasteiger charge is 2.37. The predicted molar refractivity (Wildman–Crippen MR) is 67.6 cm³/mol. The molecule has 0 aliphatic carbocycles. The van der Waals surface area contributed by atoms with Crippen molar-refractivity contribution in [3.8, 4) is 5.75 Å². The summed E-state index contributed by atoms with van der Waals surface area (Å²) in [5.41, 5.74) is -0.932. The molecule has 96 valence electrons. The summed E-state index contributed by atoms with van der Waals surface area (Å²) in [6, 6.07) is 1.27. The maximum Gasteiger partial charge on any atom is 0.419 e. The van der Waals surface area contributed by atoms with Crippen LogP contribution in [0.2, 0.25) is 5.02 Å². The first-order chi connectivity index (χ1) is 7.64. The predicted octanol–water partition coefficient (Wildman–Crippen LogP) is 5.67. The smallest absolute Gasteiger partial charge is 0.419 e. The summed E-state index contributed by atoms with van der Waals surface area (Å²) in [7, 11) is 0. The van der Waals surface area contributed by atoms with Crippen LogP contribution in [0.5, 0.6) is 5.75 Å². The van der Waals surface area contributed by atoms with Gasteiger partial charge in [0.2, 0.25) is 0 Å². The van der Waals surface area contributed by atoms with E-state index in [0.717, 1.165) is 0 Å². The van der Waals surface area contributed by atoms with Gasteiger partial charge in [-0.25, -0.2) is 0 Å². The van der Waals surface area contributed by atoms with Gasteiger partial charge in [-0.15, -0.1) is 0 Å². The van der Waals surface area contributed by atoms with Gasteiger partial charge in [0, 0.05) is 4.47 Å². The first-order valence-electron chi connectivity index (χ1n) is 4.56. The van der Waals surface area contributed by atoms with E-state index in [1.165, 1.54) is 6.07 Å². The highest BCUT2D eigenvalue weighted by atomic mass is 79.9. The molecule has 0 saturated heterocycles. The number of halogens is 6. The Morgan fingerprint density at radius 1 is 1.24 bits per heavy atom. The Hall–Kier alpha value is 0.0600. The number of benzene rings is 1. The van der Waals surface area contributed by atoms with E-state index in [4.69, 9.17) is 16.3 Å². The number of rotatable bonds is 2. The second kappa shape index (κ2) is 5.36. The molecule has 1 aromatic rings. The molecular weight excluding hydrogens is 388 g/mol. The van der Waals surface area contributed by atoms with Crippen LogP contribution in [0.15, 0.2) is 15.0 Å². The van der Waals surface area contributed by atoms with Crippen LogP contribution in [0, 0.1) is 0 Å². The molecule has 7 heteroatoms. The van der Waals surface area contributed by atoms with Crippen LogP contribution in [0.25, 0.3) is 0 Å². The van der Waals surface area contributed by atoms with Gasteiger partial charge in [0.05, 0.1) is 21.2 Å². The Labute approximate surface area is 119 Å². The molecule has 1 nitrogen and oxygen atoms in total. The molecule has 0 N–H and O–H groups in total. The highest BCUT2D eigenvalue weighted by Crippen LogP contribution is 2.47. The van der Waals surface area contributed by atoms with E-state index in [9.17, 15) is 13.2 Å². The molecule has 0 unspecified atom stereocenters. The zero-order valence-corrected chi connectivity index (χ0v) is 12.8. The van der Waals surface area contributed by atoms with E-state index in [0.29, 0.717) is 4.47 Å². The van der Waals surface area contributed by atoms with Crippen molar-refractivity contribution in [2.24, 2.45) is 0 Å². The largest absolute Gasteiger partial charge is 0.488 e. The van der Waals surface area contributed by atoms with Gasteiger partial charge in [-0.3, -0.25) is 0 Å². The quantitative estimate of drug-likeness (QED) is 0.626. The molecule has 0 amide bonds. The normalized spacial score (nSPS) is 12.1. The van der Waals surface area contributed by atoms with Gasteiger partial charge in [-0.1, -0.05) is 27.5 Å². The Balaban J connectivity index is 3.43. The number of hydrogen-bond acceptors (Lipinski definition) is 1. The van der Waals surface area contributed by atoms with Crippen molar-refractivity contribution in [1.29, 1.82) is 0 Å². The summed E-state index contributed by atoms with van der Waals surface area (Å²) in [5.74, 6) is -0.00260. The fraction of sp³-hybridized carbons (Fsp3) is 0.400. The Bertz CT molecular complexity index is 433. The summed E-state index contributed by atoms with van der Waals surface area (Å²) in [4.78, 5) is 0. The fourth-order valence-electron chi connectivity index (χ4n) is 1.18. The molecule has 1 aromatic carbocycles. The minimum atomic E-state index is -4.54. The average Bonchev–Trinajstić information content (AvgIpc) is 2.08. The molecule has 0 atom stereocenters. The Morgan fingerprint density at radius 3 is 2.18 bits per heavy atom. The maximum atomic E-state index is 12.8. The van der Waals surface area contributed by atoms with Gasteiger partial charge >= 0.3 is 6.18 Å². The van der Waals surface area contributed by atoms with Gasteiger partial charge in [0.15, 0.2) is 5.75 Å². The van der Waals surface area contributed by atoms with Crippen LogP contribution in [0.3, 0.4) is 0 Å². The molecule has 0 radical (unpaired) electrons. The zero-order valence-electron chi connectivity index (χ0n) is 8.83. The van der Waals surface area contributed by atoms with Crippen LogP contribution in [0.4, 0.5) is 13.2 Å². The van der Waals surface area contributed by atoms with Crippen LogP contribution in [-0.2, 0) is 6.18 Å². The second-order valence-electron chi connectivity index (χ2n) is 3.52. The zero-order chi connectivity index (χ0) is 13.4. The van der Waals surface area contributed by atoms with Crippen LogP contribution >= 0.6 is 43.5 Å². The van der Waals surface area contributed by atoms with E-state index in [1.807, 2.05) is 0 Å². The van der Waals surface area contributed by atoms with Gasteiger partial charge < -0.3 is 4.74 Å². The summed E-state index contributed by atoms with van der Waals surface area (Å²) < 4.78 is 43.8. The molecule has 1 rings (SSSR count). The molecule has 0 heterocycles. The van der Waals surface area contributed by atoms with Gasteiger partial charge in [-0.05, 0) is 35.8 Å². The lowest BCUT2D eigenvalue weighted by Crippen LogP contribution is -2.11. The van der Waals surface area contributed by atoms with Crippen molar-refractivity contribution in [2.75, 3.05) is 0 Å².